The fraction of sp³-hybridized carbons (Fsp3) is 0.391. The molecule has 1 aromatic carbocycles. The van der Waals surface area contributed by atoms with Gasteiger partial charge in [0, 0.05) is 30.8 Å². The topological polar surface area (TPSA) is 81.9 Å². The van der Waals surface area contributed by atoms with Crippen molar-refractivity contribution < 1.29 is 13.9 Å². The molecular formula is C23H26FN5O2. The molecule has 1 unspecified atom stereocenters. The van der Waals surface area contributed by atoms with Crippen LogP contribution in [0.15, 0.2) is 24.4 Å². The Bertz CT molecular complexity index is 1140. The molecule has 1 aliphatic heterocycles. The van der Waals surface area contributed by atoms with Crippen LogP contribution in [0.3, 0.4) is 0 Å². The number of halogens is 1. The van der Waals surface area contributed by atoms with Crippen molar-refractivity contribution in [2.75, 3.05) is 6.54 Å². The third-order valence-corrected chi connectivity index (χ3v) is 5.41. The van der Waals surface area contributed by atoms with Crippen LogP contribution >= 0.6 is 0 Å². The fourth-order valence-corrected chi connectivity index (χ4v) is 3.87. The number of amides is 1. The van der Waals surface area contributed by atoms with Crippen molar-refractivity contribution in [1.29, 1.82) is 0 Å². The first kappa shape index (κ1) is 21.0. The second kappa shape index (κ2) is 8.45. The SMILES string of the molecule is CCCc1cc(C(=O)NCC2Cc3c(F)ccc(-c4nc(C)cnc4C)c3O2)n(C)n1. The maximum absolute atomic E-state index is 14.5. The van der Waals surface area contributed by atoms with Gasteiger partial charge >= 0.3 is 0 Å². The van der Waals surface area contributed by atoms with Crippen molar-refractivity contribution in [3.05, 3.63) is 58.6 Å². The Kier molecular flexibility index (Phi) is 5.71. The minimum Gasteiger partial charge on any atom is -0.487 e. The number of aryl methyl sites for hydroxylation is 4. The number of hydrogen-bond donors (Lipinski definition) is 1. The summed E-state index contributed by atoms with van der Waals surface area (Å²) in [5.41, 5.74) is 4.81. The van der Waals surface area contributed by atoms with E-state index in [1.807, 2.05) is 13.8 Å². The predicted molar refractivity (Wildman–Crippen MR) is 115 cm³/mol. The molecule has 8 heteroatoms. The Hall–Kier alpha value is -3.29. The molecule has 0 bridgehead atoms. The first-order valence-electron chi connectivity index (χ1n) is 10.5. The van der Waals surface area contributed by atoms with E-state index in [1.54, 1.807) is 30.1 Å². The molecule has 4 rings (SSSR count). The quantitative estimate of drug-likeness (QED) is 0.658. The van der Waals surface area contributed by atoms with Crippen LogP contribution in [-0.4, -0.2) is 38.3 Å². The zero-order valence-corrected chi connectivity index (χ0v) is 18.2. The number of nitrogens with one attached hydrogen (secondary N) is 1. The number of hydrogen-bond acceptors (Lipinski definition) is 5. The van der Waals surface area contributed by atoms with E-state index >= 15 is 0 Å². The molecule has 0 aliphatic carbocycles. The molecule has 0 saturated carbocycles. The number of nitrogens with zero attached hydrogens (tertiary/aromatic N) is 4. The predicted octanol–water partition coefficient (Wildman–Crippen LogP) is 3.32. The van der Waals surface area contributed by atoms with Gasteiger partial charge in [-0.3, -0.25) is 14.5 Å². The molecule has 0 fully saturated rings. The van der Waals surface area contributed by atoms with Crippen LogP contribution in [0.5, 0.6) is 5.75 Å². The van der Waals surface area contributed by atoms with Crippen molar-refractivity contribution in [3.8, 4) is 17.0 Å². The monoisotopic (exact) mass is 423 g/mol. The second-order valence-corrected chi connectivity index (χ2v) is 7.90. The van der Waals surface area contributed by atoms with Gasteiger partial charge in [-0.25, -0.2) is 9.37 Å². The standard InChI is InChI=1S/C23H26FN5O2/c1-5-6-15-9-20(29(4)28-15)23(30)26-12-16-10-18-19(24)8-7-17(22(18)31-16)21-14(3)25-11-13(2)27-21/h7-9,11,16H,5-6,10,12H2,1-4H3,(H,26,30). The van der Waals surface area contributed by atoms with E-state index in [2.05, 4.69) is 27.3 Å². The maximum Gasteiger partial charge on any atom is 0.269 e. The Morgan fingerprint density at radius 3 is 2.94 bits per heavy atom. The molecule has 1 aliphatic rings. The van der Waals surface area contributed by atoms with E-state index < -0.39 is 0 Å². The van der Waals surface area contributed by atoms with Crippen molar-refractivity contribution >= 4 is 5.91 Å². The maximum atomic E-state index is 14.5. The van der Waals surface area contributed by atoms with Crippen molar-refractivity contribution in [1.82, 2.24) is 25.1 Å². The van der Waals surface area contributed by atoms with Crippen LogP contribution in [-0.2, 0) is 19.9 Å². The highest BCUT2D eigenvalue weighted by molar-refractivity contribution is 5.92. The van der Waals surface area contributed by atoms with E-state index in [-0.39, 0.29) is 24.4 Å². The first-order valence-corrected chi connectivity index (χ1v) is 10.5. The molecule has 7 nitrogen and oxygen atoms in total. The largest absolute Gasteiger partial charge is 0.487 e. The summed E-state index contributed by atoms with van der Waals surface area (Å²) in [4.78, 5) is 21.6. The van der Waals surface area contributed by atoms with E-state index in [0.29, 0.717) is 29.1 Å². The smallest absolute Gasteiger partial charge is 0.269 e. The lowest BCUT2D eigenvalue weighted by Gasteiger charge is -2.14. The molecule has 1 amide bonds. The Morgan fingerprint density at radius 2 is 2.16 bits per heavy atom. The lowest BCUT2D eigenvalue weighted by atomic mass is 10.0. The number of rotatable bonds is 6. The van der Waals surface area contributed by atoms with E-state index in [9.17, 15) is 9.18 Å². The number of benzene rings is 1. The van der Waals surface area contributed by atoms with Gasteiger partial charge in [-0.15, -0.1) is 0 Å². The van der Waals surface area contributed by atoms with Crippen LogP contribution in [0.2, 0.25) is 0 Å². The zero-order chi connectivity index (χ0) is 22.1. The van der Waals surface area contributed by atoms with Gasteiger partial charge in [0.05, 0.1) is 29.3 Å². The van der Waals surface area contributed by atoms with Crippen LogP contribution < -0.4 is 10.1 Å². The zero-order valence-electron chi connectivity index (χ0n) is 18.2. The second-order valence-electron chi connectivity index (χ2n) is 7.90. The molecule has 1 N–H and O–H groups in total. The summed E-state index contributed by atoms with van der Waals surface area (Å²) in [7, 11) is 1.75. The van der Waals surface area contributed by atoms with Crippen molar-refractivity contribution in [2.24, 2.45) is 7.05 Å². The minimum atomic E-state index is -0.365. The number of carbonyl (C=O) groups is 1. The Balaban J connectivity index is 1.51. The number of fused-ring (bicyclic) bond motifs is 1. The van der Waals surface area contributed by atoms with Crippen LogP contribution in [0.4, 0.5) is 4.39 Å². The van der Waals surface area contributed by atoms with Gasteiger partial charge in [-0.2, -0.15) is 5.10 Å². The van der Waals surface area contributed by atoms with Crippen LogP contribution in [0.25, 0.3) is 11.3 Å². The molecule has 2 aromatic heterocycles. The van der Waals surface area contributed by atoms with Gasteiger partial charge < -0.3 is 10.1 Å². The summed E-state index contributed by atoms with van der Waals surface area (Å²) in [6.07, 6.45) is 3.50. The van der Waals surface area contributed by atoms with Gasteiger partial charge in [0.2, 0.25) is 0 Å². The summed E-state index contributed by atoms with van der Waals surface area (Å²) in [6.45, 7) is 6.06. The third kappa shape index (κ3) is 4.15. The van der Waals surface area contributed by atoms with Crippen LogP contribution in [0.1, 0.15) is 46.5 Å². The average Bonchev–Trinajstić information content (AvgIpc) is 3.33. The van der Waals surface area contributed by atoms with Gasteiger partial charge in [-0.05, 0) is 38.5 Å². The molecule has 0 saturated heterocycles. The Morgan fingerprint density at radius 1 is 1.35 bits per heavy atom. The lowest BCUT2D eigenvalue weighted by molar-refractivity contribution is 0.0924. The summed E-state index contributed by atoms with van der Waals surface area (Å²) in [6, 6.07) is 4.92. The molecule has 31 heavy (non-hydrogen) atoms. The van der Waals surface area contributed by atoms with Gasteiger partial charge in [-0.1, -0.05) is 13.3 Å². The van der Waals surface area contributed by atoms with Crippen molar-refractivity contribution in [2.45, 2.75) is 46.1 Å². The molecule has 162 valence electrons. The highest BCUT2D eigenvalue weighted by Crippen LogP contribution is 2.40. The molecular weight excluding hydrogens is 397 g/mol. The average molecular weight is 423 g/mol. The van der Waals surface area contributed by atoms with Crippen molar-refractivity contribution in [3.63, 3.8) is 0 Å². The van der Waals surface area contributed by atoms with E-state index in [4.69, 9.17) is 4.74 Å². The summed E-state index contributed by atoms with van der Waals surface area (Å²) in [5, 5.41) is 7.26. The molecule has 3 aromatic rings. The van der Waals surface area contributed by atoms with E-state index in [1.165, 1.54) is 6.07 Å². The summed E-state index contributed by atoms with van der Waals surface area (Å²) in [5.74, 6) is -0.0623. The van der Waals surface area contributed by atoms with Crippen LogP contribution in [0, 0.1) is 19.7 Å². The fourth-order valence-electron chi connectivity index (χ4n) is 3.87. The lowest BCUT2D eigenvalue weighted by Crippen LogP contribution is -2.35. The minimum absolute atomic E-state index is 0.224. The summed E-state index contributed by atoms with van der Waals surface area (Å²) < 4.78 is 22.2. The number of ether oxygens (including phenoxy) is 1. The Labute approximate surface area is 180 Å². The van der Waals surface area contributed by atoms with E-state index in [0.717, 1.165) is 35.5 Å². The highest BCUT2D eigenvalue weighted by atomic mass is 19.1. The first-order chi connectivity index (χ1) is 14.9. The molecule has 0 radical (unpaired) electrons. The normalized spacial score (nSPS) is 14.9. The van der Waals surface area contributed by atoms with Gasteiger partial charge in [0.1, 0.15) is 23.4 Å². The third-order valence-electron chi connectivity index (χ3n) is 5.41. The molecule has 1 atom stereocenters. The number of carbonyl (C=O) groups excluding carboxylic acids is 1. The van der Waals surface area contributed by atoms with Gasteiger partial charge in [0.15, 0.2) is 0 Å². The van der Waals surface area contributed by atoms with Gasteiger partial charge in [0.25, 0.3) is 5.91 Å². The summed E-state index contributed by atoms with van der Waals surface area (Å²) >= 11 is 0. The highest BCUT2D eigenvalue weighted by Gasteiger charge is 2.30. The molecule has 3 heterocycles. The molecule has 0 spiro atoms. The number of aromatic nitrogens is 4.